The SMILES string of the molecule is O=C(COc1ccc2ccccc2c1Br)NCCSCc1ccco1. The number of hydrogen-bond acceptors (Lipinski definition) is 4. The Morgan fingerprint density at radius 2 is 2.04 bits per heavy atom. The summed E-state index contributed by atoms with van der Waals surface area (Å²) in [7, 11) is 0. The number of carbonyl (C=O) groups is 1. The summed E-state index contributed by atoms with van der Waals surface area (Å²) in [6.45, 7) is 0.603. The standard InChI is InChI=1S/C19H18BrNO3S/c20-19-16-6-2-1-4-14(16)7-8-17(19)24-12-18(22)21-9-11-25-13-15-5-3-10-23-15/h1-8,10H,9,11-13H2,(H,21,22). The molecule has 1 amide bonds. The van der Waals surface area contributed by atoms with E-state index in [2.05, 4.69) is 21.2 Å². The first-order chi connectivity index (χ1) is 12.2. The van der Waals surface area contributed by atoms with Crippen LogP contribution >= 0.6 is 27.7 Å². The Morgan fingerprint density at radius 1 is 1.16 bits per heavy atom. The van der Waals surface area contributed by atoms with E-state index in [1.807, 2.05) is 48.5 Å². The van der Waals surface area contributed by atoms with Crippen molar-refractivity contribution in [2.45, 2.75) is 5.75 Å². The van der Waals surface area contributed by atoms with Crippen LogP contribution in [0.4, 0.5) is 0 Å². The molecule has 0 bridgehead atoms. The van der Waals surface area contributed by atoms with Crippen molar-refractivity contribution < 1.29 is 13.9 Å². The number of amides is 1. The van der Waals surface area contributed by atoms with Gasteiger partial charge in [0.15, 0.2) is 6.61 Å². The molecule has 0 saturated carbocycles. The Hall–Kier alpha value is -1.92. The molecule has 0 unspecified atom stereocenters. The van der Waals surface area contributed by atoms with E-state index >= 15 is 0 Å². The lowest BCUT2D eigenvalue weighted by Crippen LogP contribution is -2.30. The highest BCUT2D eigenvalue weighted by molar-refractivity contribution is 9.10. The van der Waals surface area contributed by atoms with E-state index < -0.39 is 0 Å². The van der Waals surface area contributed by atoms with Gasteiger partial charge in [0.05, 0.1) is 16.5 Å². The molecule has 1 N–H and O–H groups in total. The molecule has 25 heavy (non-hydrogen) atoms. The maximum Gasteiger partial charge on any atom is 0.257 e. The molecule has 1 heterocycles. The van der Waals surface area contributed by atoms with Crippen molar-refractivity contribution in [3.05, 3.63) is 65.0 Å². The van der Waals surface area contributed by atoms with E-state index in [0.29, 0.717) is 12.3 Å². The van der Waals surface area contributed by atoms with Gasteiger partial charge in [-0.3, -0.25) is 4.79 Å². The fourth-order valence-electron chi connectivity index (χ4n) is 2.35. The van der Waals surface area contributed by atoms with Crippen LogP contribution in [-0.4, -0.2) is 24.8 Å². The summed E-state index contributed by atoms with van der Waals surface area (Å²) in [5, 5.41) is 5.05. The predicted molar refractivity (Wildman–Crippen MR) is 105 cm³/mol. The largest absolute Gasteiger partial charge is 0.483 e. The topological polar surface area (TPSA) is 51.5 Å². The van der Waals surface area contributed by atoms with Crippen molar-refractivity contribution in [3.63, 3.8) is 0 Å². The van der Waals surface area contributed by atoms with Crippen molar-refractivity contribution in [3.8, 4) is 5.75 Å². The molecule has 6 heteroatoms. The highest BCUT2D eigenvalue weighted by Crippen LogP contribution is 2.32. The molecule has 3 aromatic rings. The summed E-state index contributed by atoms with van der Waals surface area (Å²) in [6, 6.07) is 15.7. The van der Waals surface area contributed by atoms with E-state index in [1.54, 1.807) is 18.0 Å². The number of benzene rings is 2. The van der Waals surface area contributed by atoms with Crippen molar-refractivity contribution in [2.24, 2.45) is 0 Å². The molecule has 2 aromatic carbocycles. The summed E-state index contributed by atoms with van der Waals surface area (Å²) >= 11 is 5.27. The maximum absolute atomic E-state index is 11.9. The van der Waals surface area contributed by atoms with Crippen LogP contribution < -0.4 is 10.1 Å². The zero-order valence-corrected chi connectivity index (χ0v) is 15.9. The molecule has 0 radical (unpaired) electrons. The molecular formula is C19H18BrNO3S. The summed E-state index contributed by atoms with van der Waals surface area (Å²) in [6.07, 6.45) is 1.67. The third kappa shape index (κ3) is 5.03. The van der Waals surface area contributed by atoms with Crippen LogP contribution in [0.15, 0.2) is 63.7 Å². The first-order valence-electron chi connectivity index (χ1n) is 7.91. The second-order valence-electron chi connectivity index (χ2n) is 5.37. The molecule has 0 atom stereocenters. The lowest BCUT2D eigenvalue weighted by molar-refractivity contribution is -0.122. The van der Waals surface area contributed by atoms with Gasteiger partial charge in [0.2, 0.25) is 0 Å². The van der Waals surface area contributed by atoms with Gasteiger partial charge in [0.25, 0.3) is 5.91 Å². The fourth-order valence-corrected chi connectivity index (χ4v) is 3.71. The Morgan fingerprint density at radius 3 is 2.88 bits per heavy atom. The van der Waals surface area contributed by atoms with Crippen molar-refractivity contribution in [1.82, 2.24) is 5.32 Å². The fraction of sp³-hybridized carbons (Fsp3) is 0.211. The normalized spacial score (nSPS) is 10.8. The molecule has 0 saturated heterocycles. The number of ether oxygens (including phenoxy) is 1. The van der Waals surface area contributed by atoms with Crippen molar-refractivity contribution in [1.29, 1.82) is 0 Å². The van der Waals surface area contributed by atoms with Crippen LogP contribution in [0.5, 0.6) is 5.75 Å². The van der Waals surface area contributed by atoms with Crippen LogP contribution in [0.3, 0.4) is 0 Å². The van der Waals surface area contributed by atoms with Gasteiger partial charge in [-0.25, -0.2) is 0 Å². The molecular weight excluding hydrogens is 402 g/mol. The van der Waals surface area contributed by atoms with Gasteiger partial charge < -0.3 is 14.5 Å². The number of rotatable bonds is 8. The summed E-state index contributed by atoms with van der Waals surface area (Å²) in [5.41, 5.74) is 0. The first-order valence-corrected chi connectivity index (χ1v) is 9.85. The zero-order valence-electron chi connectivity index (χ0n) is 13.5. The highest BCUT2D eigenvalue weighted by atomic mass is 79.9. The average molecular weight is 420 g/mol. The Balaban J connectivity index is 1.41. The van der Waals surface area contributed by atoms with Gasteiger partial charge in [0.1, 0.15) is 11.5 Å². The molecule has 1 aromatic heterocycles. The number of furan rings is 1. The summed E-state index contributed by atoms with van der Waals surface area (Å²) < 4.78 is 11.8. The van der Waals surface area contributed by atoms with Crippen molar-refractivity contribution >= 4 is 44.4 Å². The zero-order chi connectivity index (χ0) is 17.5. The minimum Gasteiger partial charge on any atom is -0.483 e. The summed E-state index contributed by atoms with van der Waals surface area (Å²) in [5.74, 6) is 3.12. The monoisotopic (exact) mass is 419 g/mol. The van der Waals surface area contributed by atoms with E-state index in [4.69, 9.17) is 9.15 Å². The number of fused-ring (bicyclic) bond motifs is 1. The number of nitrogens with one attached hydrogen (secondary N) is 1. The first kappa shape index (κ1) is 17.9. The summed E-state index contributed by atoms with van der Waals surface area (Å²) in [4.78, 5) is 11.9. The third-order valence-electron chi connectivity index (χ3n) is 3.58. The number of carbonyl (C=O) groups excluding carboxylic acids is 1. The Bertz CT molecular complexity index is 836. The van der Waals surface area contributed by atoms with Crippen LogP contribution in [-0.2, 0) is 10.5 Å². The van der Waals surface area contributed by atoms with Crippen LogP contribution in [0.1, 0.15) is 5.76 Å². The molecule has 0 aliphatic carbocycles. The lowest BCUT2D eigenvalue weighted by atomic mass is 10.1. The van der Waals surface area contributed by atoms with Gasteiger partial charge in [-0.15, -0.1) is 0 Å². The molecule has 4 nitrogen and oxygen atoms in total. The molecule has 0 aliphatic heterocycles. The van der Waals surface area contributed by atoms with Gasteiger partial charge >= 0.3 is 0 Å². The number of hydrogen-bond donors (Lipinski definition) is 1. The van der Waals surface area contributed by atoms with E-state index in [1.165, 1.54) is 0 Å². The minimum atomic E-state index is -0.126. The molecule has 3 rings (SSSR count). The Labute approximate surface area is 159 Å². The number of halogens is 1. The van der Waals surface area contributed by atoms with Crippen LogP contribution in [0, 0.1) is 0 Å². The smallest absolute Gasteiger partial charge is 0.257 e. The van der Waals surface area contributed by atoms with Gasteiger partial charge in [-0.1, -0.05) is 30.3 Å². The Kier molecular flexibility index (Phi) is 6.42. The second-order valence-corrected chi connectivity index (χ2v) is 7.27. The van der Waals surface area contributed by atoms with Gasteiger partial charge in [-0.05, 0) is 44.9 Å². The predicted octanol–water partition coefficient (Wildman–Crippen LogP) is 4.62. The highest BCUT2D eigenvalue weighted by Gasteiger charge is 2.08. The third-order valence-corrected chi connectivity index (χ3v) is 5.38. The average Bonchev–Trinajstić information content (AvgIpc) is 3.14. The minimum absolute atomic E-state index is 0.000208. The van der Waals surface area contributed by atoms with Gasteiger partial charge in [-0.2, -0.15) is 11.8 Å². The van der Waals surface area contributed by atoms with E-state index in [0.717, 1.165) is 32.5 Å². The molecule has 0 aliphatic rings. The van der Waals surface area contributed by atoms with E-state index in [-0.39, 0.29) is 12.5 Å². The maximum atomic E-state index is 11.9. The van der Waals surface area contributed by atoms with Crippen LogP contribution in [0.2, 0.25) is 0 Å². The second kappa shape index (κ2) is 8.97. The van der Waals surface area contributed by atoms with Crippen molar-refractivity contribution in [2.75, 3.05) is 18.9 Å². The van der Waals surface area contributed by atoms with Crippen LogP contribution in [0.25, 0.3) is 10.8 Å². The van der Waals surface area contributed by atoms with E-state index in [9.17, 15) is 4.79 Å². The molecule has 0 spiro atoms. The van der Waals surface area contributed by atoms with Gasteiger partial charge in [0, 0.05) is 12.3 Å². The molecule has 130 valence electrons. The lowest BCUT2D eigenvalue weighted by Gasteiger charge is -2.10. The quantitative estimate of drug-likeness (QED) is 0.541. The molecule has 0 fully saturated rings. The number of thioether (sulfide) groups is 1.